The van der Waals surface area contributed by atoms with E-state index < -0.39 is 13.0 Å². The largest absolute Gasteiger partial charge is 0.493 e. The number of ether oxygens (including phenoxy) is 1. The van der Waals surface area contributed by atoms with Crippen molar-refractivity contribution in [2.45, 2.75) is 12.8 Å². The maximum atomic E-state index is 14.2. The van der Waals surface area contributed by atoms with Crippen LogP contribution in [0.2, 0.25) is 0 Å². The maximum Gasteiger partial charge on any atom is 0.174 e. The summed E-state index contributed by atoms with van der Waals surface area (Å²) in [5, 5.41) is 12.5. The maximum absolute atomic E-state index is 14.2. The molecule has 0 amide bonds. The summed E-state index contributed by atoms with van der Waals surface area (Å²) in [6.45, 7) is 2.36. The second kappa shape index (κ2) is 7.69. The molecule has 0 bridgehead atoms. The molecular formula is C21H21O3P. The number of hydrogen-bond donors (Lipinski definition) is 1. The van der Waals surface area contributed by atoms with Gasteiger partial charge in [0, 0.05) is 16.2 Å². The Kier molecular flexibility index (Phi) is 5.37. The van der Waals surface area contributed by atoms with E-state index in [1.54, 1.807) is 36.4 Å². The molecule has 0 aliphatic rings. The monoisotopic (exact) mass is 352 g/mol. The summed E-state index contributed by atoms with van der Waals surface area (Å²) in [5.74, 6) is -0.621. The molecule has 3 rings (SSSR count). The van der Waals surface area contributed by atoms with Crippen LogP contribution >= 0.6 is 7.14 Å². The van der Waals surface area contributed by atoms with Crippen LogP contribution in [0.15, 0.2) is 84.9 Å². The van der Waals surface area contributed by atoms with Crippen LogP contribution in [0.3, 0.4) is 0 Å². The van der Waals surface area contributed by atoms with Crippen molar-refractivity contribution in [1.82, 2.24) is 0 Å². The van der Waals surface area contributed by atoms with E-state index >= 15 is 0 Å². The Labute approximate surface area is 148 Å². The second-order valence-electron chi connectivity index (χ2n) is 5.67. The number of hydrogen-bond acceptors (Lipinski definition) is 3. The van der Waals surface area contributed by atoms with Gasteiger partial charge in [-0.3, -0.25) is 0 Å². The fourth-order valence-electron chi connectivity index (χ4n) is 2.91. The Hall–Kier alpha value is -2.35. The summed E-state index contributed by atoms with van der Waals surface area (Å²) in [6, 6.07) is 25.6. The number of para-hydroxylation sites is 1. The first-order valence-corrected chi connectivity index (χ1v) is 10.1. The van der Waals surface area contributed by atoms with Crippen molar-refractivity contribution in [2.75, 3.05) is 6.61 Å². The lowest BCUT2D eigenvalue weighted by Crippen LogP contribution is -2.21. The lowest BCUT2D eigenvalue weighted by atomic mass is 10.2. The van der Waals surface area contributed by atoms with Gasteiger partial charge in [0.25, 0.3) is 0 Å². The standard InChI is InChI=1S/C21H21O3P/c1-2-24-20-16-10-9-15-19(20)21(22)25(23,17-11-5-3-6-12-17)18-13-7-4-8-14-18/h3-16,21-22H,2H2,1H3/t21-/m0/s1. The van der Waals surface area contributed by atoms with Crippen LogP contribution < -0.4 is 15.3 Å². The van der Waals surface area contributed by atoms with E-state index in [-0.39, 0.29) is 0 Å². The highest BCUT2D eigenvalue weighted by Crippen LogP contribution is 2.57. The van der Waals surface area contributed by atoms with Crippen LogP contribution in [-0.2, 0) is 4.57 Å². The molecule has 0 heterocycles. The average molecular weight is 352 g/mol. The number of aliphatic hydroxyl groups is 1. The van der Waals surface area contributed by atoms with Gasteiger partial charge in [-0.25, -0.2) is 0 Å². The molecule has 0 aromatic heterocycles. The van der Waals surface area contributed by atoms with Crippen molar-refractivity contribution in [3.05, 3.63) is 90.5 Å². The molecule has 3 aromatic rings. The van der Waals surface area contributed by atoms with Gasteiger partial charge < -0.3 is 14.4 Å². The molecule has 128 valence electrons. The minimum absolute atomic E-state index is 0.477. The fraction of sp³-hybridized carbons (Fsp3) is 0.143. The lowest BCUT2D eigenvalue weighted by Gasteiger charge is -2.26. The molecule has 0 unspecified atom stereocenters. The number of rotatable bonds is 6. The highest BCUT2D eigenvalue weighted by atomic mass is 31.2. The Bertz CT molecular complexity index is 819. The summed E-state index contributed by atoms with van der Waals surface area (Å²) >= 11 is 0. The molecule has 0 saturated carbocycles. The Balaban J connectivity index is 2.18. The SMILES string of the molecule is CCOc1ccccc1[C@@H](O)P(=O)(c1ccccc1)c1ccccc1. The summed E-state index contributed by atoms with van der Waals surface area (Å²) in [4.78, 5) is 0. The van der Waals surface area contributed by atoms with Crippen molar-refractivity contribution in [3.63, 3.8) is 0 Å². The zero-order valence-corrected chi connectivity index (χ0v) is 15.0. The summed E-state index contributed by atoms with van der Waals surface area (Å²) < 4.78 is 19.8. The zero-order chi connectivity index (χ0) is 17.7. The average Bonchev–Trinajstić information content (AvgIpc) is 2.69. The predicted molar refractivity (Wildman–Crippen MR) is 102 cm³/mol. The van der Waals surface area contributed by atoms with Gasteiger partial charge in [-0.05, 0) is 13.0 Å². The van der Waals surface area contributed by atoms with Crippen molar-refractivity contribution in [1.29, 1.82) is 0 Å². The summed E-state index contributed by atoms with van der Waals surface area (Å²) in [6.07, 6.45) is 0. The van der Waals surface area contributed by atoms with Crippen LogP contribution in [-0.4, -0.2) is 11.7 Å². The summed E-state index contributed by atoms with van der Waals surface area (Å²) in [7, 11) is -3.31. The van der Waals surface area contributed by atoms with Crippen molar-refractivity contribution >= 4 is 17.8 Å². The molecule has 0 aliphatic heterocycles. The molecule has 0 aliphatic carbocycles. The smallest absolute Gasteiger partial charge is 0.174 e. The molecule has 0 spiro atoms. The minimum atomic E-state index is -3.31. The van der Waals surface area contributed by atoms with Gasteiger partial charge >= 0.3 is 0 Å². The zero-order valence-electron chi connectivity index (χ0n) is 14.1. The van der Waals surface area contributed by atoms with Crippen LogP contribution in [0.1, 0.15) is 18.3 Å². The highest BCUT2D eigenvalue weighted by molar-refractivity contribution is 7.78. The number of benzene rings is 3. The number of aliphatic hydroxyl groups excluding tert-OH is 1. The topological polar surface area (TPSA) is 46.5 Å². The molecule has 0 radical (unpaired) electrons. The molecular weight excluding hydrogens is 331 g/mol. The van der Waals surface area contributed by atoms with E-state index in [9.17, 15) is 9.67 Å². The normalized spacial score (nSPS) is 12.6. The third-order valence-electron chi connectivity index (χ3n) is 4.12. The van der Waals surface area contributed by atoms with E-state index in [1.165, 1.54) is 0 Å². The van der Waals surface area contributed by atoms with Gasteiger partial charge in [-0.2, -0.15) is 0 Å². The lowest BCUT2D eigenvalue weighted by molar-refractivity contribution is 0.245. The quantitative estimate of drug-likeness (QED) is 0.680. The highest BCUT2D eigenvalue weighted by Gasteiger charge is 2.37. The van der Waals surface area contributed by atoms with Gasteiger partial charge in [-0.15, -0.1) is 0 Å². The van der Waals surface area contributed by atoms with E-state index in [0.717, 1.165) is 0 Å². The van der Waals surface area contributed by atoms with Gasteiger partial charge in [-0.1, -0.05) is 78.9 Å². The van der Waals surface area contributed by atoms with Crippen molar-refractivity contribution in [2.24, 2.45) is 0 Å². The molecule has 0 fully saturated rings. The van der Waals surface area contributed by atoms with Crippen LogP contribution in [0.25, 0.3) is 0 Å². The molecule has 25 heavy (non-hydrogen) atoms. The van der Waals surface area contributed by atoms with Gasteiger partial charge in [0.05, 0.1) is 6.61 Å². The molecule has 4 heteroatoms. The van der Waals surface area contributed by atoms with E-state index in [0.29, 0.717) is 28.5 Å². The third kappa shape index (κ3) is 3.39. The van der Waals surface area contributed by atoms with Crippen molar-refractivity contribution in [3.8, 4) is 5.75 Å². The molecule has 3 nitrogen and oxygen atoms in total. The minimum Gasteiger partial charge on any atom is -0.493 e. The molecule has 1 atom stereocenters. The first-order chi connectivity index (χ1) is 12.2. The first-order valence-electron chi connectivity index (χ1n) is 8.28. The van der Waals surface area contributed by atoms with Crippen LogP contribution in [0.5, 0.6) is 5.75 Å². The van der Waals surface area contributed by atoms with Gasteiger partial charge in [0.1, 0.15) is 11.6 Å². The molecule has 0 saturated heterocycles. The molecule has 1 N–H and O–H groups in total. The second-order valence-corrected chi connectivity index (χ2v) is 8.51. The van der Waals surface area contributed by atoms with Crippen molar-refractivity contribution < 1.29 is 14.4 Å². The van der Waals surface area contributed by atoms with Crippen LogP contribution in [0, 0.1) is 0 Å². The van der Waals surface area contributed by atoms with Crippen LogP contribution in [0.4, 0.5) is 0 Å². The Morgan fingerprint density at radius 3 is 1.84 bits per heavy atom. The van der Waals surface area contributed by atoms with E-state index in [2.05, 4.69) is 0 Å². The molecule has 3 aromatic carbocycles. The fourth-order valence-corrected chi connectivity index (χ4v) is 5.61. The predicted octanol–water partition coefficient (Wildman–Crippen LogP) is 4.09. The Morgan fingerprint density at radius 2 is 1.32 bits per heavy atom. The van der Waals surface area contributed by atoms with Gasteiger partial charge in [0.2, 0.25) is 0 Å². The van der Waals surface area contributed by atoms with E-state index in [4.69, 9.17) is 4.74 Å². The third-order valence-corrected chi connectivity index (χ3v) is 7.22. The Morgan fingerprint density at radius 1 is 0.840 bits per heavy atom. The summed E-state index contributed by atoms with van der Waals surface area (Å²) in [5.41, 5.74) is 0.542. The first kappa shape index (κ1) is 17.5. The van der Waals surface area contributed by atoms with E-state index in [1.807, 2.05) is 55.5 Å². The van der Waals surface area contributed by atoms with Gasteiger partial charge in [0.15, 0.2) is 7.14 Å².